The lowest BCUT2D eigenvalue weighted by atomic mass is 10.2. The van der Waals surface area contributed by atoms with Crippen molar-refractivity contribution in [2.24, 2.45) is 0 Å². The molecule has 0 rings (SSSR count). The van der Waals surface area contributed by atoms with Crippen molar-refractivity contribution in [3.05, 3.63) is 0 Å². The number of hydrogen-bond acceptors (Lipinski definition) is 12. The molecule has 0 unspecified atom stereocenters. The quantitative estimate of drug-likeness (QED) is 0.100. The number of rotatable bonds is 27. The van der Waals surface area contributed by atoms with Gasteiger partial charge in [-0.15, -0.1) is 0 Å². The molecule has 0 aliphatic carbocycles. The van der Waals surface area contributed by atoms with E-state index in [1.54, 1.807) is 7.05 Å². The van der Waals surface area contributed by atoms with Gasteiger partial charge in [-0.05, 0) is 41.5 Å². The average molecular weight is 612 g/mol. The SMILES string of the molecule is CN(CCOCCOCCOCCOCCOCCOCCOCCOCCC(=O)OC(C)(C)C)C(=O)OC(C)(C)C. The Morgan fingerprint density at radius 3 is 1.05 bits per heavy atom. The summed E-state index contributed by atoms with van der Waals surface area (Å²) in [5.41, 5.74) is -0.986. The van der Waals surface area contributed by atoms with Gasteiger partial charge in [-0.3, -0.25) is 4.79 Å². The molecule has 0 fully saturated rings. The molecule has 250 valence electrons. The van der Waals surface area contributed by atoms with Gasteiger partial charge >= 0.3 is 12.1 Å². The Balaban J connectivity index is 3.22. The summed E-state index contributed by atoms with van der Waals surface area (Å²) in [5, 5.41) is 0. The topological polar surface area (TPSA) is 130 Å². The summed E-state index contributed by atoms with van der Waals surface area (Å²) in [6.07, 6.45) is -0.137. The third-order valence-corrected chi connectivity index (χ3v) is 4.75. The van der Waals surface area contributed by atoms with E-state index in [1.807, 2.05) is 41.5 Å². The van der Waals surface area contributed by atoms with Crippen molar-refractivity contribution in [1.29, 1.82) is 0 Å². The van der Waals surface area contributed by atoms with Gasteiger partial charge in [-0.1, -0.05) is 0 Å². The lowest BCUT2D eigenvalue weighted by Crippen LogP contribution is -2.36. The summed E-state index contributed by atoms with van der Waals surface area (Å²) in [6, 6.07) is 0. The minimum Gasteiger partial charge on any atom is -0.460 e. The monoisotopic (exact) mass is 611 g/mol. The number of ether oxygens (including phenoxy) is 10. The molecule has 13 heteroatoms. The summed E-state index contributed by atoms with van der Waals surface area (Å²) in [7, 11) is 1.68. The molecule has 0 bridgehead atoms. The Kier molecular flexibility index (Phi) is 24.9. The van der Waals surface area contributed by atoms with Gasteiger partial charge in [0.05, 0.1) is 112 Å². The van der Waals surface area contributed by atoms with E-state index in [0.29, 0.717) is 112 Å². The second kappa shape index (κ2) is 25.9. The highest BCUT2D eigenvalue weighted by atomic mass is 16.6. The Morgan fingerprint density at radius 2 is 0.738 bits per heavy atom. The lowest BCUT2D eigenvalue weighted by molar-refractivity contribution is -0.156. The Bertz CT molecular complexity index is 652. The van der Waals surface area contributed by atoms with Crippen LogP contribution in [-0.4, -0.2) is 147 Å². The maximum Gasteiger partial charge on any atom is 0.410 e. The second-order valence-corrected chi connectivity index (χ2v) is 11.1. The molecule has 0 aliphatic rings. The standard InChI is InChI=1S/C29H57NO12/c1-28(2,3)41-26(31)8-10-33-12-14-35-16-18-37-20-22-39-24-25-40-23-21-38-19-17-36-15-13-34-11-9-30(7)27(32)42-29(4,5)6/h8-25H2,1-7H3. The molecule has 0 saturated heterocycles. The number of nitrogens with zero attached hydrogens (tertiary/aromatic N) is 1. The van der Waals surface area contributed by atoms with Crippen molar-refractivity contribution in [2.75, 3.05) is 119 Å². The maximum atomic E-state index is 11.8. The van der Waals surface area contributed by atoms with Gasteiger partial charge < -0.3 is 52.3 Å². The molecule has 1 amide bonds. The van der Waals surface area contributed by atoms with Crippen molar-refractivity contribution >= 4 is 12.1 Å². The molecule has 0 atom stereocenters. The zero-order chi connectivity index (χ0) is 31.5. The van der Waals surface area contributed by atoms with E-state index >= 15 is 0 Å². The molecule has 0 saturated carbocycles. The Morgan fingerprint density at radius 1 is 0.452 bits per heavy atom. The van der Waals surface area contributed by atoms with Crippen LogP contribution in [0.4, 0.5) is 4.79 Å². The van der Waals surface area contributed by atoms with Crippen molar-refractivity contribution in [1.82, 2.24) is 4.90 Å². The van der Waals surface area contributed by atoms with Crippen molar-refractivity contribution in [3.8, 4) is 0 Å². The fraction of sp³-hybridized carbons (Fsp3) is 0.931. The normalized spacial score (nSPS) is 12.0. The maximum absolute atomic E-state index is 11.8. The summed E-state index contributed by atoms with van der Waals surface area (Å²) in [6.45, 7) is 18.7. The van der Waals surface area contributed by atoms with E-state index < -0.39 is 11.2 Å². The number of esters is 1. The van der Waals surface area contributed by atoms with Crippen LogP contribution in [0.15, 0.2) is 0 Å². The Labute approximate surface area is 252 Å². The van der Waals surface area contributed by atoms with Gasteiger partial charge in [-0.2, -0.15) is 0 Å². The fourth-order valence-corrected chi connectivity index (χ4v) is 2.82. The van der Waals surface area contributed by atoms with Crippen LogP contribution >= 0.6 is 0 Å². The van der Waals surface area contributed by atoms with Crippen LogP contribution in [0.2, 0.25) is 0 Å². The van der Waals surface area contributed by atoms with E-state index in [0.717, 1.165) is 0 Å². The van der Waals surface area contributed by atoms with Crippen LogP contribution in [0, 0.1) is 0 Å². The van der Waals surface area contributed by atoms with Crippen molar-refractivity contribution < 1.29 is 57.0 Å². The molecular formula is C29H57NO12. The van der Waals surface area contributed by atoms with Crippen LogP contribution in [-0.2, 0) is 52.2 Å². The van der Waals surface area contributed by atoms with Gasteiger partial charge in [0.25, 0.3) is 0 Å². The highest BCUT2D eigenvalue weighted by Gasteiger charge is 2.19. The molecule has 0 aromatic rings. The number of amides is 1. The van der Waals surface area contributed by atoms with Crippen LogP contribution in [0.3, 0.4) is 0 Å². The average Bonchev–Trinajstić information content (AvgIpc) is 2.88. The van der Waals surface area contributed by atoms with E-state index in [9.17, 15) is 9.59 Å². The van der Waals surface area contributed by atoms with E-state index in [-0.39, 0.29) is 18.5 Å². The molecular weight excluding hydrogens is 554 g/mol. The Hall–Kier alpha value is -1.58. The highest BCUT2D eigenvalue weighted by Crippen LogP contribution is 2.09. The van der Waals surface area contributed by atoms with E-state index in [1.165, 1.54) is 4.90 Å². The number of carbonyl (C=O) groups is 2. The first kappa shape index (κ1) is 40.4. The van der Waals surface area contributed by atoms with Crippen LogP contribution in [0.5, 0.6) is 0 Å². The summed E-state index contributed by atoms with van der Waals surface area (Å²) in [4.78, 5) is 24.9. The second-order valence-electron chi connectivity index (χ2n) is 11.1. The van der Waals surface area contributed by atoms with Gasteiger partial charge in [0, 0.05) is 13.6 Å². The molecule has 0 aromatic heterocycles. The molecule has 0 heterocycles. The largest absolute Gasteiger partial charge is 0.460 e. The molecule has 0 aromatic carbocycles. The minimum absolute atomic E-state index is 0.229. The minimum atomic E-state index is -0.511. The number of likely N-dealkylation sites (N-methyl/N-ethyl adjacent to an activating group) is 1. The lowest BCUT2D eigenvalue weighted by Gasteiger charge is -2.24. The van der Waals surface area contributed by atoms with Crippen LogP contribution < -0.4 is 0 Å². The van der Waals surface area contributed by atoms with Gasteiger partial charge in [0.2, 0.25) is 0 Å². The predicted molar refractivity (Wildman–Crippen MR) is 156 cm³/mol. The van der Waals surface area contributed by atoms with Crippen LogP contribution in [0.25, 0.3) is 0 Å². The van der Waals surface area contributed by atoms with Crippen LogP contribution in [0.1, 0.15) is 48.0 Å². The fourth-order valence-electron chi connectivity index (χ4n) is 2.82. The van der Waals surface area contributed by atoms with Crippen molar-refractivity contribution in [2.45, 2.75) is 59.2 Å². The number of hydrogen-bond donors (Lipinski definition) is 0. The first-order valence-electron chi connectivity index (χ1n) is 14.7. The van der Waals surface area contributed by atoms with Gasteiger partial charge in [0.1, 0.15) is 11.2 Å². The molecule has 0 N–H and O–H groups in total. The van der Waals surface area contributed by atoms with Crippen molar-refractivity contribution in [3.63, 3.8) is 0 Å². The zero-order valence-electron chi connectivity index (χ0n) is 27.1. The van der Waals surface area contributed by atoms with E-state index in [4.69, 9.17) is 47.4 Å². The highest BCUT2D eigenvalue weighted by molar-refractivity contribution is 5.69. The van der Waals surface area contributed by atoms with E-state index in [2.05, 4.69) is 0 Å². The molecule has 0 spiro atoms. The summed E-state index contributed by atoms with van der Waals surface area (Å²) < 4.78 is 54.0. The molecule has 0 aliphatic heterocycles. The smallest absolute Gasteiger partial charge is 0.410 e. The predicted octanol–water partition coefficient (Wildman–Crippen LogP) is 2.72. The zero-order valence-corrected chi connectivity index (χ0v) is 27.1. The summed E-state index contributed by atoms with van der Waals surface area (Å²) in [5.74, 6) is -0.267. The first-order chi connectivity index (χ1) is 19.9. The van der Waals surface area contributed by atoms with Gasteiger partial charge in [-0.25, -0.2) is 4.79 Å². The third kappa shape index (κ3) is 31.4. The summed E-state index contributed by atoms with van der Waals surface area (Å²) >= 11 is 0. The van der Waals surface area contributed by atoms with Gasteiger partial charge in [0.15, 0.2) is 0 Å². The first-order valence-corrected chi connectivity index (χ1v) is 14.7. The molecule has 42 heavy (non-hydrogen) atoms. The number of carbonyl (C=O) groups excluding carboxylic acids is 2. The molecule has 0 radical (unpaired) electrons. The third-order valence-electron chi connectivity index (χ3n) is 4.75. The molecule has 13 nitrogen and oxygen atoms in total.